The van der Waals surface area contributed by atoms with E-state index in [2.05, 4.69) is 22.5 Å². The van der Waals surface area contributed by atoms with Gasteiger partial charge >= 0.3 is 6.09 Å². The number of aliphatic hydroxyl groups excluding tert-OH is 1. The first-order chi connectivity index (χ1) is 16.4. The van der Waals surface area contributed by atoms with E-state index in [9.17, 15) is 24.3 Å². The third kappa shape index (κ3) is 9.51. The number of likely N-dealkylation sites (tertiary alicyclic amines) is 1. The van der Waals surface area contributed by atoms with E-state index in [-0.39, 0.29) is 18.4 Å². The highest BCUT2D eigenvalue weighted by Gasteiger charge is 2.42. The van der Waals surface area contributed by atoms with Gasteiger partial charge in [-0.2, -0.15) is 0 Å². The largest absolute Gasteiger partial charge is 0.444 e. The van der Waals surface area contributed by atoms with Crippen molar-refractivity contribution in [2.24, 2.45) is 5.92 Å². The number of alkyl carbamates (subject to hydrolysis) is 1. The van der Waals surface area contributed by atoms with Crippen LogP contribution in [0.5, 0.6) is 0 Å². The third-order valence-electron chi connectivity index (χ3n) is 5.95. The maximum Gasteiger partial charge on any atom is 0.408 e. The van der Waals surface area contributed by atoms with E-state index >= 15 is 0 Å². The van der Waals surface area contributed by atoms with Crippen molar-refractivity contribution in [1.29, 1.82) is 0 Å². The van der Waals surface area contributed by atoms with E-state index in [1.807, 2.05) is 13.8 Å². The van der Waals surface area contributed by atoms with E-state index in [0.717, 1.165) is 6.42 Å². The minimum absolute atomic E-state index is 0.124. The molecule has 1 heterocycles. The first kappa shape index (κ1) is 30.4. The van der Waals surface area contributed by atoms with Crippen LogP contribution >= 0.6 is 0 Å². The molecule has 1 aliphatic heterocycles. The number of aliphatic hydroxyl groups is 1. The number of nitrogens with one attached hydrogen (secondary N) is 3. The average molecular weight is 497 g/mol. The number of amides is 4. The molecule has 10 heteroatoms. The maximum absolute atomic E-state index is 13.4. The van der Waals surface area contributed by atoms with Crippen LogP contribution in [0.3, 0.4) is 0 Å². The van der Waals surface area contributed by atoms with Gasteiger partial charge in [0.2, 0.25) is 11.8 Å². The predicted molar refractivity (Wildman–Crippen MR) is 133 cm³/mol. The van der Waals surface area contributed by atoms with Crippen LogP contribution < -0.4 is 16.0 Å². The highest BCUT2D eigenvalue weighted by Crippen LogP contribution is 2.27. The number of rotatable bonds is 12. The highest BCUT2D eigenvalue weighted by atomic mass is 16.6. The Morgan fingerprint density at radius 1 is 1.17 bits per heavy atom. The van der Waals surface area contributed by atoms with Crippen molar-refractivity contribution in [3.8, 4) is 0 Å². The van der Waals surface area contributed by atoms with Gasteiger partial charge in [-0.3, -0.25) is 14.4 Å². The zero-order chi connectivity index (χ0) is 26.8. The fourth-order valence-corrected chi connectivity index (χ4v) is 4.06. The molecule has 10 nitrogen and oxygen atoms in total. The Kier molecular flexibility index (Phi) is 12.2. The van der Waals surface area contributed by atoms with E-state index in [1.165, 1.54) is 11.0 Å². The standard InChI is InChI=1S/C25H44N4O6/c1-8-12-18(20(30)22(32)26-13-9-2)27-21(31)19-14-16(10-3)15-29(19)23(33)17(11-4)28-24(34)35-25(5,6)7/h9,16-20,30H,2,8,10-15H2,1,3-7H3,(H,26,32)(H,27,31)(H,28,34)/t16-,17+,18+,19+,20?/m1/s1. The molecular formula is C25H44N4O6. The molecule has 4 N–H and O–H groups in total. The fraction of sp³-hybridized carbons (Fsp3) is 0.760. The van der Waals surface area contributed by atoms with Gasteiger partial charge in [0.05, 0.1) is 6.04 Å². The Bertz CT molecular complexity index is 751. The molecule has 0 radical (unpaired) electrons. The second-order valence-corrected chi connectivity index (χ2v) is 10.0. The normalized spacial score (nSPS) is 20.4. The topological polar surface area (TPSA) is 137 Å². The summed E-state index contributed by atoms with van der Waals surface area (Å²) in [6.07, 6.45) is 2.00. The molecule has 0 bridgehead atoms. The molecule has 4 amide bonds. The van der Waals surface area contributed by atoms with Crippen LogP contribution in [0.4, 0.5) is 4.79 Å². The summed E-state index contributed by atoms with van der Waals surface area (Å²) in [7, 11) is 0. The average Bonchev–Trinajstić information content (AvgIpc) is 3.23. The monoisotopic (exact) mass is 496 g/mol. The Morgan fingerprint density at radius 3 is 2.34 bits per heavy atom. The quantitative estimate of drug-likeness (QED) is 0.305. The van der Waals surface area contributed by atoms with Gasteiger partial charge in [0.1, 0.15) is 17.7 Å². The van der Waals surface area contributed by atoms with Gasteiger partial charge in [0.25, 0.3) is 5.91 Å². The van der Waals surface area contributed by atoms with Crippen LogP contribution in [0.25, 0.3) is 0 Å². The summed E-state index contributed by atoms with van der Waals surface area (Å²) in [5.74, 6) is -1.25. The Morgan fingerprint density at radius 2 is 1.83 bits per heavy atom. The second-order valence-electron chi connectivity index (χ2n) is 10.0. The molecule has 0 aromatic heterocycles. The second kappa shape index (κ2) is 14.1. The molecule has 0 saturated carbocycles. The molecular weight excluding hydrogens is 452 g/mol. The molecule has 35 heavy (non-hydrogen) atoms. The van der Waals surface area contributed by atoms with Gasteiger partial charge in [0, 0.05) is 13.1 Å². The zero-order valence-electron chi connectivity index (χ0n) is 22.1. The lowest BCUT2D eigenvalue weighted by molar-refractivity contribution is -0.141. The first-order valence-corrected chi connectivity index (χ1v) is 12.5. The minimum atomic E-state index is -1.43. The Labute approximate surface area is 209 Å². The molecule has 1 fully saturated rings. The number of ether oxygens (including phenoxy) is 1. The van der Waals surface area contributed by atoms with Crippen molar-refractivity contribution in [3.05, 3.63) is 12.7 Å². The molecule has 0 spiro atoms. The summed E-state index contributed by atoms with van der Waals surface area (Å²) in [5, 5.41) is 18.5. The van der Waals surface area contributed by atoms with Gasteiger partial charge in [-0.05, 0) is 46.0 Å². The van der Waals surface area contributed by atoms with Crippen molar-refractivity contribution in [2.75, 3.05) is 13.1 Å². The van der Waals surface area contributed by atoms with E-state index in [1.54, 1.807) is 27.7 Å². The van der Waals surface area contributed by atoms with Crippen molar-refractivity contribution in [2.45, 2.75) is 103 Å². The lowest BCUT2D eigenvalue weighted by Crippen LogP contribution is -2.57. The van der Waals surface area contributed by atoms with Crippen LogP contribution in [0.15, 0.2) is 12.7 Å². The van der Waals surface area contributed by atoms with Gasteiger partial charge in [0.15, 0.2) is 6.10 Å². The Balaban J connectivity index is 3.01. The highest BCUT2D eigenvalue weighted by molar-refractivity contribution is 5.92. The molecule has 0 aromatic rings. The van der Waals surface area contributed by atoms with Crippen LogP contribution in [0.1, 0.15) is 73.6 Å². The predicted octanol–water partition coefficient (Wildman–Crippen LogP) is 1.86. The van der Waals surface area contributed by atoms with Crippen molar-refractivity contribution in [1.82, 2.24) is 20.9 Å². The number of carbonyl (C=O) groups excluding carboxylic acids is 4. The number of hydrogen-bond acceptors (Lipinski definition) is 6. The summed E-state index contributed by atoms with van der Waals surface area (Å²) in [6.45, 7) is 15.0. The molecule has 1 saturated heterocycles. The number of nitrogens with zero attached hydrogens (tertiary/aromatic N) is 1. The maximum atomic E-state index is 13.4. The first-order valence-electron chi connectivity index (χ1n) is 12.5. The summed E-state index contributed by atoms with van der Waals surface area (Å²) < 4.78 is 5.28. The van der Waals surface area contributed by atoms with Gasteiger partial charge < -0.3 is 30.7 Å². The molecule has 1 rings (SSSR count). The van der Waals surface area contributed by atoms with Crippen LogP contribution in [-0.4, -0.2) is 76.7 Å². The summed E-state index contributed by atoms with van der Waals surface area (Å²) in [4.78, 5) is 52.7. The SMILES string of the molecule is C=CCNC(=O)C(O)[C@H](CCC)NC(=O)[C@@H]1C[C@@H](CC)CN1C(=O)[C@H](CC)NC(=O)OC(C)(C)C. The summed E-state index contributed by atoms with van der Waals surface area (Å²) in [6, 6.07) is -2.39. The molecule has 200 valence electrons. The fourth-order valence-electron chi connectivity index (χ4n) is 4.06. The molecule has 0 aromatic carbocycles. The smallest absolute Gasteiger partial charge is 0.408 e. The van der Waals surface area contributed by atoms with Gasteiger partial charge in [-0.25, -0.2) is 4.79 Å². The van der Waals surface area contributed by atoms with Crippen LogP contribution in [-0.2, 0) is 19.1 Å². The summed E-state index contributed by atoms with van der Waals surface area (Å²) in [5.41, 5.74) is -0.706. The van der Waals surface area contributed by atoms with Crippen molar-refractivity contribution < 1.29 is 29.0 Å². The van der Waals surface area contributed by atoms with Crippen molar-refractivity contribution in [3.63, 3.8) is 0 Å². The number of hydrogen-bond donors (Lipinski definition) is 4. The van der Waals surface area contributed by atoms with Crippen LogP contribution in [0, 0.1) is 5.92 Å². The molecule has 1 aliphatic rings. The summed E-state index contributed by atoms with van der Waals surface area (Å²) >= 11 is 0. The minimum Gasteiger partial charge on any atom is -0.444 e. The van der Waals surface area contributed by atoms with Gasteiger partial charge in [-0.1, -0.05) is 39.7 Å². The number of carbonyl (C=O) groups is 4. The van der Waals surface area contributed by atoms with E-state index in [4.69, 9.17) is 4.74 Å². The van der Waals surface area contributed by atoms with E-state index in [0.29, 0.717) is 32.2 Å². The lowest BCUT2D eigenvalue weighted by atomic mass is 10.0. The zero-order valence-corrected chi connectivity index (χ0v) is 22.1. The third-order valence-corrected chi connectivity index (χ3v) is 5.95. The van der Waals surface area contributed by atoms with Crippen LogP contribution in [0.2, 0.25) is 0 Å². The molecule has 0 aliphatic carbocycles. The van der Waals surface area contributed by atoms with Gasteiger partial charge in [-0.15, -0.1) is 6.58 Å². The molecule has 1 unspecified atom stereocenters. The van der Waals surface area contributed by atoms with Crippen molar-refractivity contribution >= 4 is 23.8 Å². The lowest BCUT2D eigenvalue weighted by Gasteiger charge is -2.31. The van der Waals surface area contributed by atoms with E-state index < -0.39 is 47.7 Å². The molecule has 5 atom stereocenters. The Hall–Kier alpha value is -2.62.